The number of aromatic nitrogens is 3. The van der Waals surface area contributed by atoms with Crippen molar-refractivity contribution in [3.05, 3.63) is 70.8 Å². The molecule has 2 aromatic heterocycles. The average molecular weight is 498 g/mol. The molecule has 0 spiro atoms. The van der Waals surface area contributed by atoms with Crippen molar-refractivity contribution in [2.45, 2.75) is 39.4 Å². The van der Waals surface area contributed by atoms with Gasteiger partial charge >= 0.3 is 5.97 Å². The number of carbonyl (C=O) groups is 1. The number of hydrogen-bond acceptors (Lipinski definition) is 6. The highest BCUT2D eigenvalue weighted by Gasteiger charge is 2.33. The van der Waals surface area contributed by atoms with Crippen molar-refractivity contribution in [3.63, 3.8) is 0 Å². The fourth-order valence-electron chi connectivity index (χ4n) is 3.81. The molecule has 0 aliphatic carbocycles. The second-order valence-corrected chi connectivity index (χ2v) is 9.43. The lowest BCUT2D eigenvalue weighted by Crippen LogP contribution is -2.29. The van der Waals surface area contributed by atoms with Gasteiger partial charge in [-0.1, -0.05) is 29.8 Å². The van der Waals surface area contributed by atoms with Gasteiger partial charge in [0.1, 0.15) is 16.7 Å². The number of rotatable bonds is 5. The van der Waals surface area contributed by atoms with E-state index < -0.39 is 23.5 Å². The van der Waals surface area contributed by atoms with Crippen LogP contribution in [0.1, 0.15) is 38.1 Å². The lowest BCUT2D eigenvalue weighted by Gasteiger charge is -2.27. The Labute approximate surface area is 207 Å². The van der Waals surface area contributed by atoms with Crippen LogP contribution < -0.4 is 0 Å². The summed E-state index contributed by atoms with van der Waals surface area (Å²) in [5.41, 5.74) is 3.22. The number of carbonyl (C=O) groups excluding carboxylic acids is 1. The first kappa shape index (κ1) is 24.6. The summed E-state index contributed by atoms with van der Waals surface area (Å²) in [6.45, 7) is 7.23. The van der Waals surface area contributed by atoms with Gasteiger partial charge in [0.15, 0.2) is 11.8 Å². The minimum Gasteiger partial charge on any atom is -0.507 e. The largest absolute Gasteiger partial charge is 0.507 e. The van der Waals surface area contributed by atoms with Gasteiger partial charge in [-0.15, -0.1) is 0 Å². The van der Waals surface area contributed by atoms with Crippen LogP contribution in [0.15, 0.2) is 48.5 Å². The molecule has 182 valence electrons. The molecular formula is C26H25ClFN3O4. The molecule has 4 rings (SSSR count). The second-order valence-electron chi connectivity index (χ2n) is 9.08. The second kappa shape index (κ2) is 9.28. The number of halogens is 2. The molecule has 35 heavy (non-hydrogen) atoms. The molecule has 4 aromatic rings. The average Bonchev–Trinajstić information content (AvgIpc) is 3.21. The predicted molar refractivity (Wildman–Crippen MR) is 131 cm³/mol. The summed E-state index contributed by atoms with van der Waals surface area (Å²) in [6, 6.07) is 13.0. The summed E-state index contributed by atoms with van der Waals surface area (Å²) >= 11 is 6.74. The molecule has 1 atom stereocenters. The van der Waals surface area contributed by atoms with Crippen LogP contribution >= 0.6 is 11.6 Å². The number of fused-ring (bicyclic) bond motifs is 1. The predicted octanol–water partition coefficient (Wildman–Crippen LogP) is 5.90. The highest BCUT2D eigenvalue weighted by atomic mass is 35.5. The van der Waals surface area contributed by atoms with E-state index in [2.05, 4.69) is 10.1 Å². The van der Waals surface area contributed by atoms with Crippen LogP contribution in [0.2, 0.25) is 5.15 Å². The molecule has 0 radical (unpaired) electrons. The number of hydrogen-bond donors (Lipinski definition) is 1. The van der Waals surface area contributed by atoms with Crippen LogP contribution in [0.5, 0.6) is 5.75 Å². The number of aryl methyl sites for hydroxylation is 1. The number of nitrogens with zero attached hydrogens (tertiary/aromatic N) is 3. The number of aromatic hydroxyl groups is 1. The quantitative estimate of drug-likeness (QED) is 0.273. The normalized spacial score (nSPS) is 12.7. The Morgan fingerprint density at radius 3 is 2.51 bits per heavy atom. The van der Waals surface area contributed by atoms with Gasteiger partial charge in [-0.25, -0.2) is 18.7 Å². The summed E-state index contributed by atoms with van der Waals surface area (Å²) in [6.07, 6.45) is -1.08. The van der Waals surface area contributed by atoms with Gasteiger partial charge in [-0.05, 0) is 51.5 Å². The first-order valence-electron chi connectivity index (χ1n) is 10.9. The Hall–Kier alpha value is -3.49. The number of ether oxygens (including phenoxy) is 2. The molecule has 0 amide bonds. The third-order valence-corrected chi connectivity index (χ3v) is 5.71. The van der Waals surface area contributed by atoms with Gasteiger partial charge in [0.25, 0.3) is 0 Å². The van der Waals surface area contributed by atoms with Gasteiger partial charge in [-0.3, -0.25) is 0 Å². The van der Waals surface area contributed by atoms with Crippen LogP contribution in [0.25, 0.3) is 28.0 Å². The maximum atomic E-state index is 13.4. The molecular weight excluding hydrogens is 473 g/mol. The smallest absolute Gasteiger partial charge is 0.339 e. The van der Waals surface area contributed by atoms with Gasteiger partial charge in [0, 0.05) is 29.0 Å². The number of methoxy groups -OCH3 is 1. The minimum absolute atomic E-state index is 0.158. The van der Waals surface area contributed by atoms with E-state index in [0.717, 1.165) is 11.6 Å². The van der Waals surface area contributed by atoms with Gasteiger partial charge in [-0.2, -0.15) is 5.10 Å². The zero-order chi connectivity index (χ0) is 25.5. The summed E-state index contributed by atoms with van der Waals surface area (Å²) in [5.74, 6) is -1.27. The summed E-state index contributed by atoms with van der Waals surface area (Å²) < 4.78 is 25.8. The Bertz CT molecular complexity index is 1430. The third kappa shape index (κ3) is 4.99. The SMILES string of the molecule is COC(=O)C(OC(C)(C)C)c1c(C)nc2cc(-c3cccc(-c4ccc(F)cc4O)c3)nn2c1Cl. The monoisotopic (exact) mass is 497 g/mol. The maximum absolute atomic E-state index is 13.4. The third-order valence-electron chi connectivity index (χ3n) is 5.35. The van der Waals surface area contributed by atoms with Gasteiger partial charge in [0.2, 0.25) is 0 Å². The lowest BCUT2D eigenvalue weighted by atomic mass is 10.0. The van der Waals surface area contributed by atoms with Crippen LogP contribution in [0.3, 0.4) is 0 Å². The fraction of sp³-hybridized carbons (Fsp3) is 0.269. The summed E-state index contributed by atoms with van der Waals surface area (Å²) in [7, 11) is 1.29. The zero-order valence-corrected chi connectivity index (χ0v) is 20.7. The standard InChI is InChI=1S/C26H25ClFN3O4/c1-14-22(23(25(33)34-5)35-26(2,3)4)24(27)31-21(29-14)13-19(30-31)16-8-6-7-15(11-16)18-10-9-17(28)12-20(18)32/h6-13,23,32H,1-5H3. The molecule has 0 saturated carbocycles. The van der Waals surface area contributed by atoms with E-state index >= 15 is 0 Å². The van der Waals surface area contributed by atoms with E-state index in [0.29, 0.717) is 33.7 Å². The van der Waals surface area contributed by atoms with E-state index in [-0.39, 0.29) is 10.9 Å². The molecule has 0 bridgehead atoms. The van der Waals surface area contributed by atoms with Crippen LogP contribution in [0.4, 0.5) is 4.39 Å². The summed E-state index contributed by atoms with van der Waals surface area (Å²) in [5, 5.41) is 15.0. The topological polar surface area (TPSA) is 86.0 Å². The van der Waals surface area contributed by atoms with Crippen molar-refractivity contribution in [1.29, 1.82) is 0 Å². The zero-order valence-electron chi connectivity index (χ0n) is 20.0. The lowest BCUT2D eigenvalue weighted by molar-refractivity contribution is -0.164. The Balaban J connectivity index is 1.81. The molecule has 0 fully saturated rings. The van der Waals surface area contributed by atoms with Crippen LogP contribution in [-0.2, 0) is 14.3 Å². The van der Waals surface area contributed by atoms with E-state index in [1.54, 1.807) is 13.0 Å². The van der Waals surface area contributed by atoms with Gasteiger partial charge < -0.3 is 14.6 Å². The van der Waals surface area contributed by atoms with E-state index in [9.17, 15) is 14.3 Å². The van der Waals surface area contributed by atoms with Gasteiger partial charge in [0.05, 0.1) is 24.0 Å². The Kier molecular flexibility index (Phi) is 6.53. The first-order chi connectivity index (χ1) is 16.5. The molecule has 9 heteroatoms. The van der Waals surface area contributed by atoms with Crippen molar-refractivity contribution in [2.24, 2.45) is 0 Å². The van der Waals surface area contributed by atoms with Crippen molar-refractivity contribution >= 4 is 23.2 Å². The van der Waals surface area contributed by atoms with Crippen molar-refractivity contribution < 1.29 is 23.8 Å². The molecule has 1 N–H and O–H groups in total. The number of esters is 1. The van der Waals surface area contributed by atoms with E-state index in [1.807, 2.05) is 45.0 Å². The van der Waals surface area contributed by atoms with E-state index in [1.165, 1.54) is 23.8 Å². The number of phenols is 1. The molecule has 2 aromatic carbocycles. The Morgan fingerprint density at radius 2 is 1.86 bits per heavy atom. The van der Waals surface area contributed by atoms with E-state index in [4.69, 9.17) is 21.1 Å². The molecule has 0 saturated heterocycles. The summed E-state index contributed by atoms with van der Waals surface area (Å²) in [4.78, 5) is 17.2. The molecule has 7 nitrogen and oxygen atoms in total. The van der Waals surface area contributed by atoms with Crippen molar-refractivity contribution in [2.75, 3.05) is 7.11 Å². The minimum atomic E-state index is -1.08. The van der Waals surface area contributed by atoms with Crippen molar-refractivity contribution in [1.82, 2.24) is 14.6 Å². The maximum Gasteiger partial charge on any atom is 0.339 e. The number of phenolic OH excluding ortho intramolecular Hbond substituents is 1. The molecule has 2 heterocycles. The number of benzene rings is 2. The highest BCUT2D eigenvalue weighted by Crippen LogP contribution is 2.35. The molecule has 0 aliphatic rings. The molecule has 1 unspecified atom stereocenters. The Morgan fingerprint density at radius 1 is 1.14 bits per heavy atom. The highest BCUT2D eigenvalue weighted by molar-refractivity contribution is 6.30. The first-order valence-corrected chi connectivity index (χ1v) is 11.3. The van der Waals surface area contributed by atoms with Crippen LogP contribution in [0, 0.1) is 12.7 Å². The fourth-order valence-corrected chi connectivity index (χ4v) is 4.17. The van der Waals surface area contributed by atoms with Crippen LogP contribution in [-0.4, -0.2) is 38.4 Å². The molecule has 0 aliphatic heterocycles. The van der Waals surface area contributed by atoms with Crippen molar-refractivity contribution in [3.8, 4) is 28.1 Å².